The maximum Gasteiger partial charge on any atom is 0.0223 e. The van der Waals surface area contributed by atoms with E-state index >= 15 is 0 Å². The Balaban J connectivity index is 1.71. The molecule has 3 nitrogen and oxygen atoms in total. The molecular formula is C15H31N3. The average Bonchev–Trinajstić information content (AvgIpc) is 2.34. The molecule has 2 atom stereocenters. The highest BCUT2D eigenvalue weighted by molar-refractivity contribution is 4.88. The van der Waals surface area contributed by atoms with E-state index in [-0.39, 0.29) is 0 Å². The highest BCUT2D eigenvalue weighted by atomic mass is 15.3. The average molecular weight is 253 g/mol. The third-order valence-corrected chi connectivity index (χ3v) is 4.62. The number of fused-ring (bicyclic) bond motifs is 1. The Kier molecular flexibility index (Phi) is 5.46. The van der Waals surface area contributed by atoms with Crippen LogP contribution in [-0.4, -0.2) is 73.6 Å². The van der Waals surface area contributed by atoms with Crippen molar-refractivity contribution in [2.45, 2.75) is 51.1 Å². The van der Waals surface area contributed by atoms with Gasteiger partial charge in [0.25, 0.3) is 0 Å². The summed E-state index contributed by atoms with van der Waals surface area (Å²) in [7, 11) is 4.34. The predicted molar refractivity (Wildman–Crippen MR) is 78.0 cm³/mol. The molecule has 2 heterocycles. The van der Waals surface area contributed by atoms with E-state index in [4.69, 9.17) is 0 Å². The lowest BCUT2D eigenvalue weighted by atomic mass is 9.97. The summed E-state index contributed by atoms with van der Waals surface area (Å²) in [6.45, 7) is 8.93. The summed E-state index contributed by atoms with van der Waals surface area (Å²) in [5.74, 6) is 0. The second-order valence-electron chi connectivity index (χ2n) is 6.50. The standard InChI is InChI=1S/C15H31N3/c1-14-12-18-11-5-4-8-15(18)13-17(14)10-7-6-9-16(2)3/h14-15H,4-13H2,1-3H3. The Morgan fingerprint density at radius 1 is 1.11 bits per heavy atom. The fourth-order valence-corrected chi connectivity index (χ4v) is 3.47. The van der Waals surface area contributed by atoms with Gasteiger partial charge < -0.3 is 4.90 Å². The van der Waals surface area contributed by atoms with Crippen LogP contribution in [0, 0.1) is 0 Å². The molecule has 3 heteroatoms. The topological polar surface area (TPSA) is 9.72 Å². The lowest BCUT2D eigenvalue weighted by molar-refractivity contribution is 0.0145. The van der Waals surface area contributed by atoms with Gasteiger partial charge in [-0.05, 0) is 66.3 Å². The third-order valence-electron chi connectivity index (χ3n) is 4.62. The van der Waals surface area contributed by atoms with Crippen LogP contribution in [0.25, 0.3) is 0 Å². The van der Waals surface area contributed by atoms with Gasteiger partial charge in [-0.2, -0.15) is 0 Å². The van der Waals surface area contributed by atoms with Crippen LogP contribution in [0.5, 0.6) is 0 Å². The number of hydrogen-bond donors (Lipinski definition) is 0. The first kappa shape index (κ1) is 14.3. The van der Waals surface area contributed by atoms with Crippen molar-refractivity contribution in [2.24, 2.45) is 0 Å². The second kappa shape index (κ2) is 6.88. The lowest BCUT2D eigenvalue weighted by Crippen LogP contribution is -2.58. The molecule has 2 saturated heterocycles. The number of nitrogens with zero attached hydrogens (tertiary/aromatic N) is 3. The first-order valence-corrected chi connectivity index (χ1v) is 7.79. The Morgan fingerprint density at radius 2 is 1.94 bits per heavy atom. The number of unbranched alkanes of at least 4 members (excludes halogenated alkanes) is 1. The highest BCUT2D eigenvalue weighted by Crippen LogP contribution is 2.24. The van der Waals surface area contributed by atoms with Crippen molar-refractivity contribution in [2.75, 3.05) is 46.8 Å². The van der Waals surface area contributed by atoms with Gasteiger partial charge >= 0.3 is 0 Å². The molecule has 2 aliphatic heterocycles. The zero-order valence-electron chi connectivity index (χ0n) is 12.6. The highest BCUT2D eigenvalue weighted by Gasteiger charge is 2.32. The van der Waals surface area contributed by atoms with Gasteiger partial charge in [-0.15, -0.1) is 0 Å². The van der Waals surface area contributed by atoms with Gasteiger partial charge in [0.05, 0.1) is 0 Å². The maximum absolute atomic E-state index is 2.74. The molecule has 2 unspecified atom stereocenters. The van der Waals surface area contributed by atoms with Gasteiger partial charge in [0.1, 0.15) is 0 Å². The van der Waals surface area contributed by atoms with Gasteiger partial charge in [-0.1, -0.05) is 6.42 Å². The van der Waals surface area contributed by atoms with Crippen LogP contribution in [-0.2, 0) is 0 Å². The summed E-state index contributed by atoms with van der Waals surface area (Å²) < 4.78 is 0. The van der Waals surface area contributed by atoms with Crippen LogP contribution in [0.2, 0.25) is 0 Å². The second-order valence-corrected chi connectivity index (χ2v) is 6.50. The minimum Gasteiger partial charge on any atom is -0.309 e. The molecule has 2 aliphatic rings. The van der Waals surface area contributed by atoms with Crippen LogP contribution in [0.3, 0.4) is 0 Å². The van der Waals surface area contributed by atoms with Crippen LogP contribution >= 0.6 is 0 Å². The van der Waals surface area contributed by atoms with Crippen molar-refractivity contribution in [3.05, 3.63) is 0 Å². The first-order chi connectivity index (χ1) is 8.66. The molecular weight excluding hydrogens is 222 g/mol. The third kappa shape index (κ3) is 3.94. The monoisotopic (exact) mass is 253 g/mol. The molecule has 0 saturated carbocycles. The fourth-order valence-electron chi connectivity index (χ4n) is 3.47. The summed E-state index contributed by atoms with van der Waals surface area (Å²) in [5, 5.41) is 0. The van der Waals surface area contributed by atoms with Crippen molar-refractivity contribution in [3.8, 4) is 0 Å². The largest absolute Gasteiger partial charge is 0.309 e. The molecule has 2 rings (SSSR count). The molecule has 0 aromatic heterocycles. The molecule has 0 aromatic rings. The van der Waals surface area contributed by atoms with E-state index in [0.717, 1.165) is 12.1 Å². The van der Waals surface area contributed by atoms with Gasteiger partial charge in [0.2, 0.25) is 0 Å². The Morgan fingerprint density at radius 3 is 2.72 bits per heavy atom. The molecule has 0 radical (unpaired) electrons. The van der Waals surface area contributed by atoms with Crippen LogP contribution < -0.4 is 0 Å². The van der Waals surface area contributed by atoms with Crippen molar-refractivity contribution in [1.82, 2.24) is 14.7 Å². The maximum atomic E-state index is 2.74. The molecule has 0 N–H and O–H groups in total. The van der Waals surface area contributed by atoms with E-state index in [2.05, 4.69) is 35.7 Å². The summed E-state index contributed by atoms with van der Waals surface area (Å²) >= 11 is 0. The number of rotatable bonds is 5. The lowest BCUT2D eigenvalue weighted by Gasteiger charge is -2.47. The minimum atomic E-state index is 0.763. The van der Waals surface area contributed by atoms with E-state index in [9.17, 15) is 0 Å². The van der Waals surface area contributed by atoms with Crippen molar-refractivity contribution in [1.29, 1.82) is 0 Å². The first-order valence-electron chi connectivity index (χ1n) is 7.79. The number of piperazine rings is 1. The zero-order valence-corrected chi connectivity index (χ0v) is 12.6. The van der Waals surface area contributed by atoms with Crippen LogP contribution in [0.4, 0.5) is 0 Å². The molecule has 0 amide bonds. The predicted octanol–water partition coefficient (Wildman–Crippen LogP) is 1.89. The van der Waals surface area contributed by atoms with E-state index in [1.807, 2.05) is 0 Å². The van der Waals surface area contributed by atoms with E-state index in [1.165, 1.54) is 64.8 Å². The number of piperidine rings is 1. The molecule has 106 valence electrons. The quantitative estimate of drug-likeness (QED) is 0.693. The summed E-state index contributed by atoms with van der Waals surface area (Å²) in [4.78, 5) is 7.77. The van der Waals surface area contributed by atoms with Crippen molar-refractivity contribution in [3.63, 3.8) is 0 Å². The molecule has 2 fully saturated rings. The Bertz CT molecular complexity index is 242. The molecule has 0 aliphatic carbocycles. The van der Waals surface area contributed by atoms with Crippen LogP contribution in [0.1, 0.15) is 39.0 Å². The normalized spacial score (nSPS) is 30.7. The van der Waals surface area contributed by atoms with Gasteiger partial charge in [-0.3, -0.25) is 9.80 Å². The molecule has 0 aromatic carbocycles. The van der Waals surface area contributed by atoms with Gasteiger partial charge in [-0.25, -0.2) is 0 Å². The smallest absolute Gasteiger partial charge is 0.0223 e. The van der Waals surface area contributed by atoms with E-state index in [0.29, 0.717) is 0 Å². The summed E-state index contributed by atoms with van der Waals surface area (Å²) in [6.07, 6.45) is 7.00. The fraction of sp³-hybridized carbons (Fsp3) is 1.00. The van der Waals surface area contributed by atoms with Gasteiger partial charge in [0, 0.05) is 25.2 Å². The van der Waals surface area contributed by atoms with E-state index < -0.39 is 0 Å². The van der Waals surface area contributed by atoms with Crippen molar-refractivity contribution >= 4 is 0 Å². The Labute approximate surface area is 113 Å². The van der Waals surface area contributed by atoms with E-state index in [1.54, 1.807) is 0 Å². The summed E-state index contributed by atoms with van der Waals surface area (Å²) in [6, 6.07) is 1.63. The molecule has 0 spiro atoms. The van der Waals surface area contributed by atoms with Crippen molar-refractivity contribution < 1.29 is 0 Å². The van der Waals surface area contributed by atoms with Crippen LogP contribution in [0.15, 0.2) is 0 Å². The Hall–Kier alpha value is -0.120. The molecule has 18 heavy (non-hydrogen) atoms. The van der Waals surface area contributed by atoms with Gasteiger partial charge in [0.15, 0.2) is 0 Å². The number of hydrogen-bond acceptors (Lipinski definition) is 3. The minimum absolute atomic E-state index is 0.763. The summed E-state index contributed by atoms with van der Waals surface area (Å²) in [5.41, 5.74) is 0. The zero-order chi connectivity index (χ0) is 13.0. The SMILES string of the molecule is CC1CN2CCCCC2CN1CCCCN(C)C. The molecule has 0 bridgehead atoms.